The summed E-state index contributed by atoms with van der Waals surface area (Å²) < 4.78 is 0. The lowest BCUT2D eigenvalue weighted by molar-refractivity contribution is 0.474. The summed E-state index contributed by atoms with van der Waals surface area (Å²) >= 11 is 0. The van der Waals surface area contributed by atoms with E-state index in [4.69, 9.17) is 5.10 Å². The van der Waals surface area contributed by atoms with E-state index in [0.29, 0.717) is 0 Å². The van der Waals surface area contributed by atoms with Crippen molar-refractivity contribution in [3.63, 3.8) is 0 Å². The predicted molar refractivity (Wildman–Crippen MR) is 223 cm³/mol. The molecule has 0 heterocycles. The smallest absolute Gasteiger partial charge is 0.115 e. The van der Waals surface area contributed by atoms with Gasteiger partial charge < -0.3 is 10.2 Å². The van der Waals surface area contributed by atoms with Crippen molar-refractivity contribution in [2.45, 2.75) is 0 Å². The molecule has 256 valence electrons. The first-order valence-electron chi connectivity index (χ1n) is 17.5. The van der Waals surface area contributed by atoms with Gasteiger partial charge in [0.25, 0.3) is 0 Å². The maximum atomic E-state index is 9.61. The van der Waals surface area contributed by atoms with Gasteiger partial charge in [-0.15, -0.1) is 0 Å². The van der Waals surface area contributed by atoms with E-state index >= 15 is 0 Å². The zero-order valence-corrected chi connectivity index (χ0v) is 29.1. The Bertz CT molecular complexity index is 2380. The van der Waals surface area contributed by atoms with Crippen LogP contribution in [0.5, 0.6) is 11.5 Å². The van der Waals surface area contributed by atoms with Crippen molar-refractivity contribution < 1.29 is 10.2 Å². The highest BCUT2D eigenvalue weighted by molar-refractivity contribution is 6.14. The highest BCUT2D eigenvalue weighted by atomic mass is 16.3. The number of rotatable bonds is 11. The van der Waals surface area contributed by atoms with Gasteiger partial charge in [-0.2, -0.15) is 5.10 Å². The average Bonchev–Trinajstić information content (AvgIpc) is 3.21. The molecule has 0 saturated heterocycles. The van der Waals surface area contributed by atoms with E-state index in [-0.39, 0.29) is 11.5 Å². The molecule has 0 aromatic heterocycles. The highest BCUT2D eigenvalue weighted by Gasteiger charge is 2.17. The molecule has 2 N–H and O–H groups in total. The van der Waals surface area contributed by atoms with E-state index < -0.39 is 0 Å². The first kappa shape index (κ1) is 34.3. The highest BCUT2D eigenvalue weighted by Crippen LogP contribution is 2.36. The molecule has 0 unspecified atom stereocenters. The van der Waals surface area contributed by atoms with Crippen LogP contribution in [0, 0.1) is 0 Å². The molecule has 53 heavy (non-hydrogen) atoms. The number of aromatic hydroxyl groups is 2. The molecular formula is C49H38N2O2. The van der Waals surface area contributed by atoms with Crippen LogP contribution >= 0.6 is 0 Å². The second-order valence-electron chi connectivity index (χ2n) is 12.4. The van der Waals surface area contributed by atoms with Gasteiger partial charge in [0.1, 0.15) is 11.5 Å². The molecule has 7 aromatic carbocycles. The van der Waals surface area contributed by atoms with E-state index in [9.17, 15) is 10.2 Å². The summed E-state index contributed by atoms with van der Waals surface area (Å²) in [7, 11) is 0. The molecule has 4 nitrogen and oxygen atoms in total. The van der Waals surface area contributed by atoms with Gasteiger partial charge in [0.2, 0.25) is 0 Å². The van der Waals surface area contributed by atoms with Crippen molar-refractivity contribution in [3.05, 3.63) is 228 Å². The third-order valence-electron chi connectivity index (χ3n) is 8.75. The van der Waals surface area contributed by atoms with E-state index in [1.807, 2.05) is 102 Å². The number of hydrazone groups is 1. The first-order chi connectivity index (χ1) is 26.1. The molecule has 0 aliphatic heterocycles. The van der Waals surface area contributed by atoms with Crippen LogP contribution < -0.4 is 5.01 Å². The fourth-order valence-corrected chi connectivity index (χ4v) is 6.02. The minimum atomic E-state index is 0.255. The number of nitrogens with zero attached hydrogens (tertiary/aromatic N) is 2. The minimum absolute atomic E-state index is 0.255. The third-order valence-corrected chi connectivity index (χ3v) is 8.75. The minimum Gasteiger partial charge on any atom is -0.508 e. The Hall–Kier alpha value is -7.17. The lowest BCUT2D eigenvalue weighted by Crippen LogP contribution is -2.15. The summed E-state index contributed by atoms with van der Waals surface area (Å²) in [6.45, 7) is 0. The maximum absolute atomic E-state index is 9.61. The fourth-order valence-electron chi connectivity index (χ4n) is 6.02. The van der Waals surface area contributed by atoms with Gasteiger partial charge in [0.15, 0.2) is 0 Å². The predicted octanol–water partition coefficient (Wildman–Crippen LogP) is 12.3. The molecule has 0 radical (unpaired) electrons. The van der Waals surface area contributed by atoms with Gasteiger partial charge in [0.05, 0.1) is 17.1 Å². The van der Waals surface area contributed by atoms with Crippen LogP contribution in [-0.4, -0.2) is 15.9 Å². The fraction of sp³-hybridized carbons (Fsp3) is 0. The summed E-state index contributed by atoms with van der Waals surface area (Å²) in [4.78, 5) is 0. The molecule has 0 bridgehead atoms. The summed E-state index contributed by atoms with van der Waals surface area (Å²) in [5.74, 6) is 0.512. The Kier molecular flexibility index (Phi) is 10.8. The molecule has 0 fully saturated rings. The number of anilines is 2. The topological polar surface area (TPSA) is 56.1 Å². The SMILES string of the molecule is Oc1ccc(/C=C/C=C/c2ccc(N(N=C(c3ccccc3)c3ccccc3)c3ccc(/C=C/C=C/c4ccc(O)cc4)c4ccccc34)cc2)cc1. The molecule has 0 atom stereocenters. The first-order valence-corrected chi connectivity index (χ1v) is 17.5. The Morgan fingerprint density at radius 2 is 0.849 bits per heavy atom. The number of hydrogen-bond donors (Lipinski definition) is 2. The summed E-state index contributed by atoms with van der Waals surface area (Å²) in [5, 5.41) is 28.9. The zero-order valence-electron chi connectivity index (χ0n) is 29.1. The van der Waals surface area contributed by atoms with Gasteiger partial charge in [-0.3, -0.25) is 0 Å². The standard InChI is InChI=1S/C49H38N2O2/c52-44-32-25-38(26-33-44)14-8-7-13-37-23-30-43(31-24-37)51(50-49(41-17-3-1-4-18-41)42-19-5-2-6-20-42)48-36-29-40(46-21-11-12-22-47(46)48)16-10-9-15-39-27-34-45(53)35-28-39/h1-36,52-53H/b13-7+,14-8+,15-9+,16-10+. The lowest BCUT2D eigenvalue weighted by Gasteiger charge is -2.24. The Labute approximate surface area is 310 Å². The van der Waals surface area contributed by atoms with Crippen molar-refractivity contribution >= 4 is 52.2 Å². The summed E-state index contributed by atoms with van der Waals surface area (Å²) in [5.41, 5.74) is 8.98. The second-order valence-corrected chi connectivity index (χ2v) is 12.4. The largest absolute Gasteiger partial charge is 0.508 e. The summed E-state index contributed by atoms with van der Waals surface area (Å²) in [6, 6.07) is 56.1. The molecule has 7 rings (SSSR count). The van der Waals surface area contributed by atoms with Crippen LogP contribution in [0.3, 0.4) is 0 Å². The normalized spacial score (nSPS) is 11.6. The maximum Gasteiger partial charge on any atom is 0.115 e. The van der Waals surface area contributed by atoms with E-state index in [2.05, 4.69) is 97.1 Å². The van der Waals surface area contributed by atoms with E-state index in [1.165, 1.54) is 0 Å². The molecular weight excluding hydrogens is 649 g/mol. The number of hydrogen-bond acceptors (Lipinski definition) is 4. The Balaban J connectivity index is 1.27. The van der Waals surface area contributed by atoms with Gasteiger partial charge in [-0.25, -0.2) is 5.01 Å². The Morgan fingerprint density at radius 3 is 1.36 bits per heavy atom. The molecule has 0 aliphatic carbocycles. The van der Waals surface area contributed by atoms with Crippen molar-refractivity contribution in [1.29, 1.82) is 0 Å². The van der Waals surface area contributed by atoms with Crippen molar-refractivity contribution in [3.8, 4) is 11.5 Å². The molecule has 0 spiro atoms. The molecule has 4 heteroatoms. The van der Waals surface area contributed by atoms with Crippen LogP contribution in [-0.2, 0) is 0 Å². The van der Waals surface area contributed by atoms with Crippen LogP contribution in [0.4, 0.5) is 11.4 Å². The quantitative estimate of drug-likeness (QED) is 0.0809. The van der Waals surface area contributed by atoms with E-state index in [0.717, 1.165) is 61.2 Å². The monoisotopic (exact) mass is 686 g/mol. The second kappa shape index (κ2) is 16.7. The Morgan fingerprint density at radius 1 is 0.415 bits per heavy atom. The molecule has 0 amide bonds. The number of fused-ring (bicyclic) bond motifs is 1. The zero-order chi connectivity index (χ0) is 36.2. The van der Waals surface area contributed by atoms with Crippen molar-refractivity contribution in [2.75, 3.05) is 5.01 Å². The van der Waals surface area contributed by atoms with Crippen LogP contribution in [0.25, 0.3) is 35.1 Å². The van der Waals surface area contributed by atoms with Crippen LogP contribution in [0.15, 0.2) is 199 Å². The van der Waals surface area contributed by atoms with Crippen molar-refractivity contribution in [2.24, 2.45) is 5.10 Å². The molecule has 7 aromatic rings. The molecule has 0 saturated carbocycles. The van der Waals surface area contributed by atoms with Gasteiger partial charge in [-0.1, -0.05) is 176 Å². The van der Waals surface area contributed by atoms with Gasteiger partial charge in [0, 0.05) is 16.5 Å². The number of allylic oxidation sites excluding steroid dienone is 4. The van der Waals surface area contributed by atoms with Gasteiger partial charge >= 0.3 is 0 Å². The number of phenolic OH excluding ortho intramolecular Hbond substituents is 2. The third kappa shape index (κ3) is 8.77. The van der Waals surface area contributed by atoms with Crippen molar-refractivity contribution in [1.82, 2.24) is 0 Å². The summed E-state index contributed by atoms with van der Waals surface area (Å²) in [6.07, 6.45) is 16.3. The number of phenols is 2. The van der Waals surface area contributed by atoms with Crippen LogP contribution in [0.2, 0.25) is 0 Å². The van der Waals surface area contributed by atoms with Gasteiger partial charge in [-0.05, 0) is 70.1 Å². The lowest BCUT2D eigenvalue weighted by atomic mass is 10.0. The average molecular weight is 687 g/mol. The number of benzene rings is 7. The molecule has 0 aliphatic rings. The van der Waals surface area contributed by atoms with Crippen LogP contribution in [0.1, 0.15) is 33.4 Å². The van der Waals surface area contributed by atoms with E-state index in [1.54, 1.807) is 24.3 Å².